The van der Waals surface area contributed by atoms with Crippen LogP contribution in [0.25, 0.3) is 0 Å². The van der Waals surface area contributed by atoms with Crippen LogP contribution in [-0.2, 0) is 0 Å². The zero-order valence-electron chi connectivity index (χ0n) is 7.61. The van der Waals surface area contributed by atoms with Crippen molar-refractivity contribution < 1.29 is 8.78 Å². The largest absolute Gasteiger partial charge is 0.238 e. The van der Waals surface area contributed by atoms with E-state index < -0.39 is 6.43 Å². The fourth-order valence-corrected chi connectivity index (χ4v) is 1.35. The topological polar surface area (TPSA) is 0 Å². The second kappa shape index (κ2) is 5.50. The second-order valence-corrected chi connectivity index (χ2v) is 3.38. The van der Waals surface area contributed by atoms with Crippen LogP contribution in [0.2, 0.25) is 0 Å². The average molecular weight is 164 g/mol. The Morgan fingerprint density at radius 2 is 1.64 bits per heavy atom. The second-order valence-electron chi connectivity index (χ2n) is 3.38. The van der Waals surface area contributed by atoms with Crippen LogP contribution in [0.3, 0.4) is 0 Å². The van der Waals surface area contributed by atoms with Gasteiger partial charge in [-0.25, -0.2) is 8.78 Å². The van der Waals surface area contributed by atoms with Crippen molar-refractivity contribution in [2.45, 2.75) is 46.5 Å². The highest BCUT2D eigenvalue weighted by molar-refractivity contribution is 4.61. The van der Waals surface area contributed by atoms with E-state index in [0.29, 0.717) is 18.3 Å². The quantitative estimate of drug-likeness (QED) is 0.581. The molecule has 2 heteroatoms. The molecule has 1 atom stereocenters. The maximum atomic E-state index is 11.8. The molecule has 0 amide bonds. The normalized spacial score (nSPS) is 14.5. The molecule has 0 aliphatic carbocycles. The molecular weight excluding hydrogens is 146 g/mol. The first-order valence-corrected chi connectivity index (χ1v) is 4.36. The smallest absolute Gasteiger partial charge is 0.211 e. The van der Waals surface area contributed by atoms with E-state index >= 15 is 0 Å². The van der Waals surface area contributed by atoms with Crippen LogP contribution in [0.4, 0.5) is 8.78 Å². The zero-order valence-corrected chi connectivity index (χ0v) is 7.61. The molecule has 0 nitrogen and oxygen atoms in total. The van der Waals surface area contributed by atoms with Crippen molar-refractivity contribution in [2.24, 2.45) is 11.8 Å². The molecule has 0 rings (SSSR count). The van der Waals surface area contributed by atoms with E-state index in [1.54, 1.807) is 0 Å². The van der Waals surface area contributed by atoms with E-state index in [1.165, 1.54) is 0 Å². The van der Waals surface area contributed by atoms with Crippen LogP contribution in [0.15, 0.2) is 0 Å². The predicted molar refractivity (Wildman–Crippen MR) is 43.9 cm³/mol. The fourth-order valence-electron chi connectivity index (χ4n) is 1.35. The molecule has 1 unspecified atom stereocenters. The molecule has 0 aromatic rings. The molecule has 0 aromatic carbocycles. The van der Waals surface area contributed by atoms with E-state index in [4.69, 9.17) is 0 Å². The van der Waals surface area contributed by atoms with Gasteiger partial charge in [-0.1, -0.05) is 27.2 Å². The summed E-state index contributed by atoms with van der Waals surface area (Å²) in [5, 5.41) is 0. The Bertz CT molecular complexity index is 89.6. The first-order chi connectivity index (χ1) is 5.07. The third-order valence-electron chi connectivity index (χ3n) is 2.22. The number of hydrogen-bond acceptors (Lipinski definition) is 0. The Morgan fingerprint density at radius 1 is 1.09 bits per heavy atom. The summed E-state index contributed by atoms with van der Waals surface area (Å²) >= 11 is 0. The highest BCUT2D eigenvalue weighted by Crippen LogP contribution is 2.22. The standard InChI is InChI=1S/C9H18F2/c1-4-8(7(2)3)5-6-9(10)11/h7-9H,4-6H2,1-3H3. The minimum absolute atomic E-state index is 0.0662. The summed E-state index contributed by atoms with van der Waals surface area (Å²) in [6.07, 6.45) is -0.366. The van der Waals surface area contributed by atoms with Gasteiger partial charge in [-0.2, -0.15) is 0 Å². The molecule has 0 aliphatic heterocycles. The van der Waals surface area contributed by atoms with Gasteiger partial charge in [-0.3, -0.25) is 0 Å². The first-order valence-electron chi connectivity index (χ1n) is 4.36. The summed E-state index contributed by atoms with van der Waals surface area (Å²) in [7, 11) is 0. The number of alkyl halides is 2. The van der Waals surface area contributed by atoms with E-state index in [-0.39, 0.29) is 6.42 Å². The van der Waals surface area contributed by atoms with Crippen molar-refractivity contribution in [3.8, 4) is 0 Å². The molecule has 0 spiro atoms. The molecule has 11 heavy (non-hydrogen) atoms. The third-order valence-corrected chi connectivity index (χ3v) is 2.22. The summed E-state index contributed by atoms with van der Waals surface area (Å²) in [4.78, 5) is 0. The van der Waals surface area contributed by atoms with Crippen LogP contribution in [0.5, 0.6) is 0 Å². The van der Waals surface area contributed by atoms with Crippen LogP contribution >= 0.6 is 0 Å². The highest BCUT2D eigenvalue weighted by atomic mass is 19.3. The van der Waals surface area contributed by atoms with Crippen molar-refractivity contribution in [1.82, 2.24) is 0 Å². The predicted octanol–water partition coefficient (Wildman–Crippen LogP) is 3.71. The van der Waals surface area contributed by atoms with E-state index in [1.807, 2.05) is 0 Å². The van der Waals surface area contributed by atoms with E-state index in [9.17, 15) is 8.78 Å². The molecule has 0 saturated carbocycles. The lowest BCUT2D eigenvalue weighted by Gasteiger charge is -2.18. The molecule has 0 radical (unpaired) electrons. The van der Waals surface area contributed by atoms with Gasteiger partial charge >= 0.3 is 0 Å². The number of halogens is 2. The van der Waals surface area contributed by atoms with Crippen LogP contribution in [-0.4, -0.2) is 6.43 Å². The Morgan fingerprint density at radius 3 is 1.91 bits per heavy atom. The Labute approximate surface area is 68.0 Å². The molecule has 68 valence electrons. The minimum Gasteiger partial charge on any atom is -0.211 e. The van der Waals surface area contributed by atoms with Gasteiger partial charge in [0.15, 0.2) is 0 Å². The van der Waals surface area contributed by atoms with Crippen LogP contribution in [0, 0.1) is 11.8 Å². The van der Waals surface area contributed by atoms with Gasteiger partial charge in [-0.15, -0.1) is 0 Å². The highest BCUT2D eigenvalue weighted by Gasteiger charge is 2.13. The first kappa shape index (κ1) is 10.9. The van der Waals surface area contributed by atoms with E-state index in [2.05, 4.69) is 20.8 Å². The summed E-state index contributed by atoms with van der Waals surface area (Å²) in [6.45, 7) is 6.26. The summed E-state index contributed by atoms with van der Waals surface area (Å²) in [5.74, 6) is 1.02. The Balaban J connectivity index is 3.52. The fraction of sp³-hybridized carbons (Fsp3) is 1.00. The molecule has 0 saturated heterocycles. The van der Waals surface area contributed by atoms with Gasteiger partial charge in [0.25, 0.3) is 0 Å². The molecule has 0 aliphatic rings. The molecule has 0 bridgehead atoms. The Kier molecular flexibility index (Phi) is 5.43. The summed E-state index contributed by atoms with van der Waals surface area (Å²) < 4.78 is 23.6. The van der Waals surface area contributed by atoms with Crippen LogP contribution < -0.4 is 0 Å². The van der Waals surface area contributed by atoms with Gasteiger partial charge in [0.2, 0.25) is 6.43 Å². The maximum absolute atomic E-state index is 11.8. The maximum Gasteiger partial charge on any atom is 0.238 e. The van der Waals surface area contributed by atoms with Gasteiger partial charge in [0.1, 0.15) is 0 Å². The van der Waals surface area contributed by atoms with Crippen LogP contribution in [0.1, 0.15) is 40.0 Å². The molecule has 0 fully saturated rings. The van der Waals surface area contributed by atoms with Gasteiger partial charge in [-0.05, 0) is 18.3 Å². The summed E-state index contributed by atoms with van der Waals surface area (Å²) in [5.41, 5.74) is 0. The lowest BCUT2D eigenvalue weighted by Crippen LogP contribution is -2.08. The van der Waals surface area contributed by atoms with Crippen molar-refractivity contribution in [3.63, 3.8) is 0 Å². The zero-order chi connectivity index (χ0) is 8.85. The molecular formula is C9H18F2. The Hall–Kier alpha value is -0.140. The van der Waals surface area contributed by atoms with Gasteiger partial charge in [0, 0.05) is 6.42 Å². The minimum atomic E-state index is -2.12. The number of hydrogen-bond donors (Lipinski definition) is 0. The molecule has 0 heterocycles. The van der Waals surface area contributed by atoms with E-state index in [0.717, 1.165) is 6.42 Å². The van der Waals surface area contributed by atoms with Crippen molar-refractivity contribution >= 4 is 0 Å². The lowest BCUT2D eigenvalue weighted by atomic mass is 9.89. The van der Waals surface area contributed by atoms with Gasteiger partial charge in [0.05, 0.1) is 0 Å². The third kappa shape index (κ3) is 5.16. The molecule has 0 aromatic heterocycles. The SMILES string of the molecule is CCC(CCC(F)F)C(C)C. The number of rotatable bonds is 5. The monoisotopic (exact) mass is 164 g/mol. The lowest BCUT2D eigenvalue weighted by molar-refractivity contribution is 0.122. The van der Waals surface area contributed by atoms with Crippen molar-refractivity contribution in [3.05, 3.63) is 0 Å². The van der Waals surface area contributed by atoms with Crippen molar-refractivity contribution in [1.29, 1.82) is 0 Å². The van der Waals surface area contributed by atoms with Gasteiger partial charge < -0.3 is 0 Å². The average Bonchev–Trinajstić information content (AvgIpc) is 1.87. The van der Waals surface area contributed by atoms with Crippen molar-refractivity contribution in [2.75, 3.05) is 0 Å². The summed E-state index contributed by atoms with van der Waals surface area (Å²) in [6, 6.07) is 0. The molecule has 0 N–H and O–H groups in total.